The van der Waals surface area contributed by atoms with Crippen LogP contribution >= 0.6 is 0 Å². The lowest BCUT2D eigenvalue weighted by molar-refractivity contribution is 0.187. The van der Waals surface area contributed by atoms with Gasteiger partial charge in [-0.05, 0) is 25.9 Å². The maximum absolute atomic E-state index is 11.8. The number of hydrogen-bond donors (Lipinski definition) is 1. The Kier molecular flexibility index (Phi) is 5.68. The Bertz CT molecular complexity index is 284. The van der Waals surface area contributed by atoms with Crippen molar-refractivity contribution < 1.29 is 8.42 Å². The third kappa shape index (κ3) is 4.01. The smallest absolute Gasteiger partial charge is 0.214 e. The van der Waals surface area contributed by atoms with Gasteiger partial charge >= 0.3 is 0 Å². The van der Waals surface area contributed by atoms with E-state index in [0.29, 0.717) is 26.1 Å². The maximum atomic E-state index is 11.8. The average molecular weight is 249 g/mol. The Hall–Kier alpha value is -0.170. The topological polar surface area (TPSA) is 66.6 Å². The molecule has 0 unspecified atom stereocenters. The van der Waals surface area contributed by atoms with Crippen molar-refractivity contribution in [2.24, 2.45) is 5.73 Å². The maximum Gasteiger partial charge on any atom is 0.214 e. The zero-order valence-electron chi connectivity index (χ0n) is 10.1. The van der Waals surface area contributed by atoms with Gasteiger partial charge in [-0.25, -0.2) is 8.42 Å². The van der Waals surface area contributed by atoms with Crippen molar-refractivity contribution >= 4 is 10.0 Å². The molecule has 0 aromatic rings. The summed E-state index contributed by atoms with van der Waals surface area (Å²) >= 11 is 0. The van der Waals surface area contributed by atoms with E-state index < -0.39 is 10.0 Å². The van der Waals surface area contributed by atoms with Crippen LogP contribution in [0.4, 0.5) is 0 Å². The van der Waals surface area contributed by atoms with Gasteiger partial charge in [0.1, 0.15) is 0 Å². The van der Waals surface area contributed by atoms with Crippen LogP contribution in [0.25, 0.3) is 0 Å². The minimum absolute atomic E-state index is 0.274. The van der Waals surface area contributed by atoms with E-state index in [9.17, 15) is 8.42 Å². The first-order valence-electron chi connectivity index (χ1n) is 6.00. The Balaban J connectivity index is 2.37. The number of hydrogen-bond acceptors (Lipinski definition) is 4. The molecule has 0 spiro atoms. The number of rotatable bonds is 6. The van der Waals surface area contributed by atoms with E-state index >= 15 is 0 Å². The molecule has 6 heteroatoms. The number of piperazine rings is 1. The summed E-state index contributed by atoms with van der Waals surface area (Å²) in [5.74, 6) is 0.274. The van der Waals surface area contributed by atoms with Gasteiger partial charge in [-0.2, -0.15) is 4.31 Å². The van der Waals surface area contributed by atoms with Crippen molar-refractivity contribution in [3.8, 4) is 0 Å². The minimum Gasteiger partial charge on any atom is -0.330 e. The molecule has 5 nitrogen and oxygen atoms in total. The molecule has 1 fully saturated rings. The molecule has 0 radical (unpaired) electrons. The van der Waals surface area contributed by atoms with Gasteiger partial charge in [-0.3, -0.25) is 0 Å². The molecule has 1 saturated heterocycles. The molecule has 1 aliphatic heterocycles. The van der Waals surface area contributed by atoms with Crippen LogP contribution in [0.3, 0.4) is 0 Å². The highest BCUT2D eigenvalue weighted by atomic mass is 32.2. The highest BCUT2D eigenvalue weighted by Gasteiger charge is 2.25. The van der Waals surface area contributed by atoms with Gasteiger partial charge in [0.15, 0.2) is 0 Å². The summed E-state index contributed by atoms with van der Waals surface area (Å²) in [6.45, 7) is 6.52. The molecule has 0 saturated carbocycles. The molecular formula is C10H23N3O2S. The largest absolute Gasteiger partial charge is 0.330 e. The molecule has 0 bridgehead atoms. The summed E-state index contributed by atoms with van der Waals surface area (Å²) in [6.07, 6.45) is 1.68. The second-order valence-electron chi connectivity index (χ2n) is 4.20. The van der Waals surface area contributed by atoms with Gasteiger partial charge in [-0.1, -0.05) is 6.92 Å². The van der Waals surface area contributed by atoms with Crippen LogP contribution in [0.5, 0.6) is 0 Å². The molecule has 0 aliphatic carbocycles. The third-order valence-electron chi connectivity index (χ3n) is 2.87. The van der Waals surface area contributed by atoms with Crippen LogP contribution in [0, 0.1) is 0 Å². The van der Waals surface area contributed by atoms with Crippen molar-refractivity contribution in [1.29, 1.82) is 0 Å². The predicted molar refractivity (Wildman–Crippen MR) is 65.8 cm³/mol. The molecule has 0 atom stereocenters. The molecule has 2 N–H and O–H groups in total. The fourth-order valence-corrected chi connectivity index (χ4v) is 3.43. The lowest BCUT2D eigenvalue weighted by Crippen LogP contribution is -2.49. The van der Waals surface area contributed by atoms with Gasteiger partial charge in [-0.15, -0.1) is 0 Å². The summed E-state index contributed by atoms with van der Waals surface area (Å²) in [6, 6.07) is 0. The van der Waals surface area contributed by atoms with Gasteiger partial charge in [0.05, 0.1) is 5.75 Å². The van der Waals surface area contributed by atoms with Crippen LogP contribution in [-0.2, 0) is 10.0 Å². The normalized spacial score (nSPS) is 20.1. The van der Waals surface area contributed by atoms with E-state index in [-0.39, 0.29) is 5.75 Å². The summed E-state index contributed by atoms with van der Waals surface area (Å²) in [4.78, 5) is 2.28. The zero-order chi connectivity index (χ0) is 12.0. The molecule has 0 aromatic heterocycles. The SMILES string of the molecule is CCCS(=O)(=O)N1CCN(CCCN)CC1. The standard InChI is InChI=1S/C10H23N3O2S/c1-2-10-16(14,15)13-8-6-12(7-9-13)5-3-4-11/h2-11H2,1H3. The summed E-state index contributed by atoms with van der Waals surface area (Å²) in [7, 11) is -3.00. The summed E-state index contributed by atoms with van der Waals surface area (Å²) < 4.78 is 25.2. The quantitative estimate of drug-likeness (QED) is 0.701. The van der Waals surface area contributed by atoms with Gasteiger partial charge < -0.3 is 10.6 Å². The van der Waals surface area contributed by atoms with Crippen molar-refractivity contribution in [1.82, 2.24) is 9.21 Å². The lowest BCUT2D eigenvalue weighted by atomic mass is 10.3. The summed E-state index contributed by atoms with van der Waals surface area (Å²) in [5.41, 5.74) is 5.45. The third-order valence-corrected chi connectivity index (χ3v) is 4.94. The Morgan fingerprint density at radius 2 is 1.81 bits per heavy atom. The highest BCUT2D eigenvalue weighted by Crippen LogP contribution is 2.09. The second-order valence-corrected chi connectivity index (χ2v) is 6.29. The molecule has 1 aliphatic rings. The fourth-order valence-electron chi connectivity index (χ4n) is 1.93. The minimum atomic E-state index is -3.00. The zero-order valence-corrected chi connectivity index (χ0v) is 10.9. The number of sulfonamides is 1. The average Bonchev–Trinajstić information content (AvgIpc) is 2.27. The van der Waals surface area contributed by atoms with E-state index in [0.717, 1.165) is 26.1 Å². The van der Waals surface area contributed by atoms with Gasteiger partial charge in [0, 0.05) is 26.2 Å². The van der Waals surface area contributed by atoms with Crippen LogP contribution < -0.4 is 5.73 Å². The van der Waals surface area contributed by atoms with E-state index in [2.05, 4.69) is 4.90 Å². The monoisotopic (exact) mass is 249 g/mol. The van der Waals surface area contributed by atoms with E-state index in [4.69, 9.17) is 5.73 Å². The van der Waals surface area contributed by atoms with Crippen LogP contribution in [0.2, 0.25) is 0 Å². The number of nitrogens with two attached hydrogens (primary N) is 1. The molecule has 1 rings (SSSR count). The van der Waals surface area contributed by atoms with Crippen molar-refractivity contribution in [3.05, 3.63) is 0 Å². The van der Waals surface area contributed by atoms with Crippen LogP contribution in [0.1, 0.15) is 19.8 Å². The van der Waals surface area contributed by atoms with Gasteiger partial charge in [0.2, 0.25) is 10.0 Å². The fraction of sp³-hybridized carbons (Fsp3) is 1.00. The first-order chi connectivity index (χ1) is 7.60. The number of nitrogens with zero attached hydrogens (tertiary/aromatic N) is 2. The van der Waals surface area contributed by atoms with Crippen LogP contribution in [0.15, 0.2) is 0 Å². The molecule has 0 amide bonds. The van der Waals surface area contributed by atoms with Gasteiger partial charge in [0.25, 0.3) is 0 Å². The van der Waals surface area contributed by atoms with E-state index in [1.54, 1.807) is 4.31 Å². The Morgan fingerprint density at radius 3 is 2.31 bits per heavy atom. The van der Waals surface area contributed by atoms with E-state index in [1.165, 1.54) is 0 Å². The highest BCUT2D eigenvalue weighted by molar-refractivity contribution is 7.89. The molecule has 16 heavy (non-hydrogen) atoms. The molecule has 96 valence electrons. The first kappa shape index (κ1) is 13.9. The van der Waals surface area contributed by atoms with Crippen molar-refractivity contribution in [3.63, 3.8) is 0 Å². The van der Waals surface area contributed by atoms with Crippen molar-refractivity contribution in [2.75, 3.05) is 45.0 Å². The van der Waals surface area contributed by atoms with Crippen LogP contribution in [-0.4, -0.2) is 62.6 Å². The molecule has 1 heterocycles. The van der Waals surface area contributed by atoms with E-state index in [1.807, 2.05) is 6.92 Å². The second kappa shape index (κ2) is 6.54. The molecule has 0 aromatic carbocycles. The lowest BCUT2D eigenvalue weighted by Gasteiger charge is -2.33. The Labute approximate surface area is 98.6 Å². The predicted octanol–water partition coefficient (Wildman–Crippen LogP) is -0.307. The Morgan fingerprint density at radius 1 is 1.19 bits per heavy atom. The summed E-state index contributed by atoms with van der Waals surface area (Å²) in [5, 5.41) is 0. The van der Waals surface area contributed by atoms with Crippen molar-refractivity contribution in [2.45, 2.75) is 19.8 Å². The first-order valence-corrected chi connectivity index (χ1v) is 7.61. The molecular weight excluding hydrogens is 226 g/mol.